The van der Waals surface area contributed by atoms with E-state index in [-0.39, 0.29) is 200 Å². The van der Waals surface area contributed by atoms with Crippen LogP contribution in [0.2, 0.25) is 25.1 Å². The molecule has 141 heavy (non-hydrogen) atoms. The van der Waals surface area contributed by atoms with Crippen LogP contribution in [-0.4, -0.2) is 152 Å². The fourth-order valence-electron chi connectivity index (χ4n) is 18.8. The third kappa shape index (κ3) is 18.1. The number of rotatable bonds is 15. The predicted octanol–water partition coefficient (Wildman–Crippen LogP) is 20.8. The Morgan fingerprint density at radius 1 is 0.404 bits per heavy atom. The number of carbonyl (C=O) groups is 3. The van der Waals surface area contributed by atoms with Gasteiger partial charge in [0.15, 0.2) is 58.2 Å². The number of aryl methyl sites for hydroxylation is 3. The van der Waals surface area contributed by atoms with E-state index in [1.165, 1.54) is 41.0 Å². The number of aromatic nitrogens is 9. The summed E-state index contributed by atoms with van der Waals surface area (Å²) in [6, 6.07) is 8.89. The quantitative estimate of drug-likeness (QED) is 0.0250. The van der Waals surface area contributed by atoms with Crippen LogP contribution >= 0.6 is 58.0 Å². The van der Waals surface area contributed by atoms with Crippen LogP contribution in [0.25, 0.3) is 83.9 Å². The highest BCUT2D eigenvalue weighted by molar-refractivity contribution is 6.40. The van der Waals surface area contributed by atoms with E-state index in [0.29, 0.717) is 44.8 Å². The summed E-state index contributed by atoms with van der Waals surface area (Å²) in [6.45, 7) is 39.4. The lowest BCUT2D eigenvalue weighted by molar-refractivity contribution is -0.131. The molecule has 3 fully saturated rings. The Bertz CT molecular complexity index is 6860. The smallest absolute Gasteiger partial charge is 0.276 e. The van der Waals surface area contributed by atoms with Gasteiger partial charge < -0.3 is 35.1 Å². The largest absolute Gasteiger partial charge is 0.397 e. The van der Waals surface area contributed by atoms with Gasteiger partial charge in [-0.2, -0.15) is 5.26 Å². The summed E-state index contributed by atoms with van der Waals surface area (Å²) in [5.74, 6) is -21.3. The zero-order valence-electron chi connectivity index (χ0n) is 78.3. The van der Waals surface area contributed by atoms with Gasteiger partial charge in [0.25, 0.3) is 16.7 Å². The van der Waals surface area contributed by atoms with Crippen molar-refractivity contribution >= 4 is 132 Å². The number of anilines is 4. The topological polar surface area (TPSA) is 264 Å². The summed E-state index contributed by atoms with van der Waals surface area (Å²) >= 11 is 32.2. The molecule has 0 spiro atoms. The number of pyridine rings is 9. The summed E-state index contributed by atoms with van der Waals surface area (Å²) in [5.41, 5.74) is 2.96. The number of nitrogens with zero attached hydrogens (tertiary/aromatic N) is 16. The number of nitrogen functional groups attached to an aromatic ring is 1. The van der Waals surface area contributed by atoms with Crippen molar-refractivity contribution in [3.8, 4) is 81.6 Å². The molecule has 3 saturated heterocycles. The van der Waals surface area contributed by atoms with Crippen LogP contribution < -0.4 is 37.1 Å². The second kappa shape index (κ2) is 40.8. The standard InChI is InChI=1S/2C34H29ClF5N5O2.C33H30Cl3F2N7O2/c2*1-8-19-32(43-13-17(6)44(18(7)14-43)22(46)9-2)20-12-21(35)30(23-24(36)26(38)28(40)27(39)25(23)37)42-33(20)45(34(19)47)31-16(5)10-11-41-29(31)15(3)4;1-7-21(46)44-16(5)12-43(13-17(44)6)31-18-10-20(34)29(22-23(35)25(37)26(38)24(36)27(22)40)42-32(18)45(33(47)19(31)11-39)30-15(4)8-9-41-28(30)14(2)3/h2*1,9-12,15,17-18H,2,13-14H2,3-7H3;7-10,14,16-17H,1,12-13,40H2,2-6H3/t2*17-,18+;16-,17+. The number of nitrogens with two attached hydrogens (primary N) is 1. The average molecular weight is 2040 g/mol. The van der Waals surface area contributed by atoms with Crippen LogP contribution in [-0.2, 0) is 14.4 Å². The Kier molecular flexibility index (Phi) is 30.3. The number of amides is 3. The van der Waals surface area contributed by atoms with Crippen molar-refractivity contribution in [3.63, 3.8) is 0 Å². The SMILES string of the molecule is C#Cc1c(N2C[C@@H](C)N(C(=O)C=C)[C@@H](C)C2)c2cc(Cl)c(-c3c(F)c(F)c(F)c(F)c3F)nc2n(-c2c(C)ccnc2C(C)C)c1=O.C#Cc1c(N2C[C@@H](C)N(C(=O)C=C)[C@@H](C)C2)c2cc(Cl)c(-c3c(F)c(F)c(F)c(F)c3F)nc2n(-c2c(C)ccnc2C(C)C)c1=O.C=CC(=O)N1[C@H](C)CN(c2c(C#N)c(=O)n(-c3c(C)ccnc3C(C)C)c3nc(-c4c(N)c(Cl)c(F)c(F)c4Cl)c(Cl)cc23)C[C@@H]1C. The first-order valence-corrected chi connectivity index (χ1v) is 45.7. The van der Waals surface area contributed by atoms with Crippen molar-refractivity contribution in [1.29, 1.82) is 5.26 Å². The van der Waals surface area contributed by atoms with Gasteiger partial charge in [-0.1, -0.05) is 131 Å². The van der Waals surface area contributed by atoms with E-state index in [0.717, 1.165) is 9.13 Å². The van der Waals surface area contributed by atoms with Crippen molar-refractivity contribution in [2.24, 2.45) is 0 Å². The van der Waals surface area contributed by atoms with Gasteiger partial charge in [-0.05, 0) is 151 Å². The van der Waals surface area contributed by atoms with Gasteiger partial charge in [0.2, 0.25) is 29.4 Å². The lowest BCUT2D eigenvalue weighted by Gasteiger charge is -2.45. The Balaban J connectivity index is 0.000000178. The van der Waals surface area contributed by atoms with Crippen molar-refractivity contribution in [2.45, 2.75) is 158 Å². The summed E-state index contributed by atoms with van der Waals surface area (Å²) in [6.07, 6.45) is 20.4. The van der Waals surface area contributed by atoms with E-state index in [9.17, 15) is 69.2 Å². The highest BCUT2D eigenvalue weighted by Gasteiger charge is 2.43. The molecule has 3 amide bonds. The van der Waals surface area contributed by atoms with Crippen LogP contribution in [0.1, 0.15) is 151 Å². The average Bonchev–Trinajstić information content (AvgIpc) is 0.725. The number of nitriles is 1. The number of hydrogen-bond acceptors (Lipinski definition) is 17. The van der Waals surface area contributed by atoms with Gasteiger partial charge in [-0.15, -0.1) is 12.8 Å². The van der Waals surface area contributed by atoms with Gasteiger partial charge in [-0.3, -0.25) is 57.4 Å². The number of fused-ring (bicyclic) bond motifs is 3. The Morgan fingerprint density at radius 3 is 0.894 bits per heavy atom. The molecule has 3 aliphatic rings. The van der Waals surface area contributed by atoms with Crippen molar-refractivity contribution in [3.05, 3.63) is 269 Å². The maximum atomic E-state index is 15.1. The van der Waals surface area contributed by atoms with Gasteiger partial charge in [0, 0.05) is 116 Å². The molecule has 0 saturated carbocycles. The predicted molar refractivity (Wildman–Crippen MR) is 522 cm³/mol. The molecule has 15 rings (SSSR count). The summed E-state index contributed by atoms with van der Waals surface area (Å²) in [7, 11) is 0. The minimum absolute atomic E-state index is 0.0302. The number of benzene rings is 3. The molecule has 2 N–H and O–H groups in total. The van der Waals surface area contributed by atoms with E-state index in [2.05, 4.69) is 62.6 Å². The molecule has 3 aromatic carbocycles. The minimum Gasteiger partial charge on any atom is -0.397 e. The molecule has 0 unspecified atom stereocenters. The van der Waals surface area contributed by atoms with E-state index in [1.807, 2.05) is 88.0 Å². The van der Waals surface area contributed by atoms with Gasteiger partial charge in [0.1, 0.15) is 44.7 Å². The van der Waals surface area contributed by atoms with Crippen LogP contribution in [0.4, 0.5) is 75.4 Å². The highest BCUT2D eigenvalue weighted by atomic mass is 35.5. The maximum Gasteiger partial charge on any atom is 0.276 e. The molecular formula is C101H88Cl5F12N17O6. The molecule has 12 heterocycles. The highest BCUT2D eigenvalue weighted by Crippen LogP contribution is 2.49. The molecule has 0 radical (unpaired) electrons. The van der Waals surface area contributed by atoms with E-state index in [4.69, 9.17) is 81.6 Å². The van der Waals surface area contributed by atoms with Crippen molar-refractivity contribution in [2.75, 3.05) is 59.7 Å². The van der Waals surface area contributed by atoms with E-state index < -0.39 is 135 Å². The Hall–Kier alpha value is -13.8. The number of hydrogen-bond donors (Lipinski definition) is 1. The van der Waals surface area contributed by atoms with Gasteiger partial charge in [0.05, 0.1) is 105 Å². The lowest BCUT2D eigenvalue weighted by atomic mass is 10.0. The van der Waals surface area contributed by atoms with Crippen LogP contribution in [0, 0.1) is 127 Å². The second-order valence-corrected chi connectivity index (χ2v) is 37.2. The molecule has 12 aromatic rings. The molecular weight excluding hydrogens is 1950 g/mol. The van der Waals surface area contributed by atoms with Crippen molar-refractivity contribution < 1.29 is 67.1 Å². The zero-order chi connectivity index (χ0) is 104. The molecule has 9 aromatic heterocycles. The summed E-state index contributed by atoms with van der Waals surface area (Å²) in [5, 5.41) is 8.71. The monoisotopic (exact) mass is 2040 g/mol. The molecule has 732 valence electrons. The number of piperazine rings is 3. The molecule has 6 atom stereocenters. The zero-order valence-corrected chi connectivity index (χ0v) is 82.0. The number of terminal acetylenes is 2. The molecule has 0 aliphatic carbocycles. The fourth-order valence-corrected chi connectivity index (χ4v) is 20.0. The Labute approximate surface area is 825 Å². The molecule has 40 heteroatoms. The first kappa shape index (κ1) is 105. The van der Waals surface area contributed by atoms with Crippen LogP contribution in [0.15, 0.2) is 107 Å². The van der Waals surface area contributed by atoms with Crippen LogP contribution in [0.3, 0.4) is 0 Å². The molecule has 3 aliphatic heterocycles. The third-order valence-corrected chi connectivity index (χ3v) is 26.4. The van der Waals surface area contributed by atoms with Gasteiger partial charge >= 0.3 is 0 Å². The summed E-state index contributed by atoms with van der Waals surface area (Å²) in [4.78, 5) is 119. The van der Waals surface area contributed by atoms with Crippen molar-refractivity contribution in [1.82, 2.24) is 58.3 Å². The van der Waals surface area contributed by atoms with E-state index in [1.54, 1.807) is 82.1 Å². The minimum atomic E-state index is -2.34. The number of carbonyl (C=O) groups excluding carboxylic acids is 3. The first-order chi connectivity index (χ1) is 66.5. The van der Waals surface area contributed by atoms with Crippen LogP contribution in [0.5, 0.6) is 0 Å². The molecule has 0 bridgehead atoms. The molecule has 23 nitrogen and oxygen atoms in total. The summed E-state index contributed by atoms with van der Waals surface area (Å²) < 4.78 is 179. The third-order valence-electron chi connectivity index (χ3n) is 24.8. The lowest BCUT2D eigenvalue weighted by Crippen LogP contribution is -2.58. The van der Waals surface area contributed by atoms with Gasteiger partial charge in [-0.25, -0.2) is 67.6 Å². The fraction of sp³-hybridized carbons (Fsp3) is 0.297. The normalized spacial score (nSPS) is 16.6. The maximum absolute atomic E-state index is 15.1. The second-order valence-electron chi connectivity index (χ2n) is 35.2. The van der Waals surface area contributed by atoms with E-state index >= 15 is 17.6 Å². The Morgan fingerprint density at radius 2 is 0.645 bits per heavy atom. The number of halogens is 17. The first-order valence-electron chi connectivity index (χ1n) is 43.8.